The minimum atomic E-state index is 0.116. The van der Waals surface area contributed by atoms with Crippen molar-refractivity contribution in [1.29, 1.82) is 0 Å². The molecule has 1 heterocycles. The van der Waals surface area contributed by atoms with Crippen molar-refractivity contribution in [2.45, 2.75) is 45.7 Å². The molecule has 0 N–H and O–H groups in total. The smallest absolute Gasteiger partial charge is 0.254 e. The minimum Gasteiger partial charge on any atom is -0.339 e. The average Bonchev–Trinajstić information content (AvgIpc) is 2.46. The van der Waals surface area contributed by atoms with Crippen LogP contribution in [0.15, 0.2) is 22.7 Å². The number of hydrogen-bond acceptors (Lipinski definition) is 2. The highest BCUT2D eigenvalue weighted by atomic mass is 79.9. The Labute approximate surface area is 136 Å². The highest BCUT2D eigenvalue weighted by Crippen LogP contribution is 2.23. The molecule has 3 nitrogen and oxygen atoms in total. The third kappa shape index (κ3) is 3.86. The SMILES string of the molecule is Cc1ccc(C(=O)N(C)C2CCN(C(C)C)CC2)c(Br)c1. The first-order valence-electron chi connectivity index (χ1n) is 7.67. The zero-order valence-electron chi connectivity index (χ0n) is 13.4. The third-order valence-electron chi connectivity index (χ3n) is 4.45. The second-order valence-corrected chi connectivity index (χ2v) is 7.11. The fraction of sp³-hybridized carbons (Fsp3) is 0.588. The zero-order chi connectivity index (χ0) is 15.6. The van der Waals surface area contributed by atoms with Gasteiger partial charge in [-0.1, -0.05) is 6.07 Å². The fourth-order valence-corrected chi connectivity index (χ4v) is 3.60. The van der Waals surface area contributed by atoms with E-state index in [-0.39, 0.29) is 5.91 Å². The molecule has 1 aromatic rings. The molecule has 0 saturated carbocycles. The number of halogens is 1. The summed E-state index contributed by atoms with van der Waals surface area (Å²) in [5.74, 6) is 0.116. The van der Waals surface area contributed by atoms with E-state index in [9.17, 15) is 4.79 Å². The molecule has 1 amide bonds. The Kier molecular flexibility index (Phi) is 5.44. The molecule has 2 rings (SSSR count). The van der Waals surface area contributed by atoms with E-state index in [1.165, 1.54) is 0 Å². The molecule has 1 saturated heterocycles. The quantitative estimate of drug-likeness (QED) is 0.827. The first-order valence-corrected chi connectivity index (χ1v) is 8.47. The summed E-state index contributed by atoms with van der Waals surface area (Å²) in [5, 5.41) is 0. The van der Waals surface area contributed by atoms with Gasteiger partial charge in [-0.15, -0.1) is 0 Å². The molecule has 0 aliphatic carbocycles. The lowest BCUT2D eigenvalue weighted by molar-refractivity contribution is 0.0614. The Morgan fingerprint density at radius 1 is 1.33 bits per heavy atom. The first kappa shape index (κ1) is 16.5. The average molecular weight is 353 g/mol. The summed E-state index contributed by atoms with van der Waals surface area (Å²) in [7, 11) is 1.93. The summed E-state index contributed by atoms with van der Waals surface area (Å²) in [6.45, 7) is 8.66. The number of carbonyl (C=O) groups is 1. The predicted molar refractivity (Wildman–Crippen MR) is 90.7 cm³/mol. The van der Waals surface area contributed by atoms with Crippen molar-refractivity contribution in [1.82, 2.24) is 9.80 Å². The van der Waals surface area contributed by atoms with Crippen LogP contribution >= 0.6 is 15.9 Å². The zero-order valence-corrected chi connectivity index (χ0v) is 15.0. The van der Waals surface area contributed by atoms with Crippen LogP contribution in [0.1, 0.15) is 42.6 Å². The molecule has 1 aliphatic heterocycles. The van der Waals surface area contributed by atoms with Crippen molar-refractivity contribution >= 4 is 21.8 Å². The Balaban J connectivity index is 2.03. The van der Waals surface area contributed by atoms with Crippen molar-refractivity contribution in [2.24, 2.45) is 0 Å². The first-order chi connectivity index (χ1) is 9.90. The Morgan fingerprint density at radius 3 is 2.48 bits per heavy atom. The number of benzene rings is 1. The summed E-state index contributed by atoms with van der Waals surface area (Å²) in [5.41, 5.74) is 1.92. The molecular formula is C17H25BrN2O. The normalized spacial score (nSPS) is 17.2. The van der Waals surface area contributed by atoms with Gasteiger partial charge < -0.3 is 9.80 Å². The standard InChI is InChI=1S/C17H25BrN2O/c1-12(2)20-9-7-14(8-10-20)19(4)17(21)15-6-5-13(3)11-16(15)18/h5-6,11-12,14H,7-10H2,1-4H3. The number of amides is 1. The van der Waals surface area contributed by atoms with Gasteiger partial charge in [0.25, 0.3) is 5.91 Å². The molecule has 0 unspecified atom stereocenters. The summed E-state index contributed by atoms with van der Waals surface area (Å²) >= 11 is 3.51. The van der Waals surface area contributed by atoms with Crippen LogP contribution in [-0.2, 0) is 0 Å². The molecule has 1 aliphatic rings. The van der Waals surface area contributed by atoms with Crippen LogP contribution in [0.4, 0.5) is 0 Å². The molecule has 1 aromatic carbocycles. The van der Waals surface area contributed by atoms with Gasteiger partial charge in [0.1, 0.15) is 0 Å². The lowest BCUT2D eigenvalue weighted by atomic mass is 10.0. The van der Waals surface area contributed by atoms with Crippen LogP contribution in [0.3, 0.4) is 0 Å². The number of nitrogens with zero attached hydrogens (tertiary/aromatic N) is 2. The largest absolute Gasteiger partial charge is 0.339 e. The minimum absolute atomic E-state index is 0.116. The van der Waals surface area contributed by atoms with Gasteiger partial charge in [0, 0.05) is 36.7 Å². The molecule has 21 heavy (non-hydrogen) atoms. The van der Waals surface area contributed by atoms with Gasteiger partial charge in [0.2, 0.25) is 0 Å². The molecule has 4 heteroatoms. The summed E-state index contributed by atoms with van der Waals surface area (Å²) in [6.07, 6.45) is 2.12. The van der Waals surface area contributed by atoms with Crippen LogP contribution in [0.2, 0.25) is 0 Å². The monoisotopic (exact) mass is 352 g/mol. The fourth-order valence-electron chi connectivity index (χ4n) is 2.94. The van der Waals surface area contributed by atoms with Gasteiger partial charge in [0.05, 0.1) is 5.56 Å². The Bertz CT molecular complexity index is 508. The number of aryl methyl sites for hydroxylation is 1. The molecule has 0 aromatic heterocycles. The summed E-state index contributed by atoms with van der Waals surface area (Å²) in [4.78, 5) is 17.1. The Morgan fingerprint density at radius 2 is 1.95 bits per heavy atom. The van der Waals surface area contributed by atoms with Crippen LogP contribution < -0.4 is 0 Å². The molecule has 1 fully saturated rings. The maximum absolute atomic E-state index is 12.7. The molecular weight excluding hydrogens is 328 g/mol. The summed E-state index contributed by atoms with van der Waals surface area (Å²) < 4.78 is 0.888. The lowest BCUT2D eigenvalue weighted by Gasteiger charge is -2.38. The van der Waals surface area contributed by atoms with Gasteiger partial charge >= 0.3 is 0 Å². The number of likely N-dealkylation sites (tertiary alicyclic amines) is 1. The van der Waals surface area contributed by atoms with Crippen molar-refractivity contribution in [3.63, 3.8) is 0 Å². The maximum Gasteiger partial charge on any atom is 0.254 e. The number of hydrogen-bond donors (Lipinski definition) is 0. The van der Waals surface area contributed by atoms with E-state index in [1.54, 1.807) is 0 Å². The van der Waals surface area contributed by atoms with E-state index in [0.717, 1.165) is 41.5 Å². The van der Waals surface area contributed by atoms with E-state index in [2.05, 4.69) is 34.7 Å². The van der Waals surface area contributed by atoms with Gasteiger partial charge in [-0.05, 0) is 67.2 Å². The van der Waals surface area contributed by atoms with Crippen molar-refractivity contribution in [3.8, 4) is 0 Å². The highest BCUT2D eigenvalue weighted by Gasteiger charge is 2.27. The predicted octanol–water partition coefficient (Wildman–Crippen LogP) is 3.70. The highest BCUT2D eigenvalue weighted by molar-refractivity contribution is 9.10. The Hall–Kier alpha value is -0.870. The number of carbonyl (C=O) groups excluding carboxylic acids is 1. The van der Waals surface area contributed by atoms with E-state index >= 15 is 0 Å². The van der Waals surface area contributed by atoms with Crippen LogP contribution in [-0.4, -0.2) is 47.9 Å². The van der Waals surface area contributed by atoms with Crippen LogP contribution in [0, 0.1) is 6.92 Å². The second kappa shape index (κ2) is 6.93. The number of piperidine rings is 1. The lowest BCUT2D eigenvalue weighted by Crippen LogP contribution is -2.47. The topological polar surface area (TPSA) is 23.6 Å². The van der Waals surface area contributed by atoms with Gasteiger partial charge in [-0.2, -0.15) is 0 Å². The van der Waals surface area contributed by atoms with E-state index in [0.29, 0.717) is 12.1 Å². The van der Waals surface area contributed by atoms with E-state index in [1.807, 2.05) is 37.1 Å². The number of rotatable bonds is 3. The van der Waals surface area contributed by atoms with E-state index in [4.69, 9.17) is 0 Å². The van der Waals surface area contributed by atoms with Crippen molar-refractivity contribution in [2.75, 3.05) is 20.1 Å². The molecule has 0 radical (unpaired) electrons. The summed E-state index contributed by atoms with van der Waals surface area (Å²) in [6, 6.07) is 6.86. The molecule has 0 atom stereocenters. The van der Waals surface area contributed by atoms with Crippen LogP contribution in [0.5, 0.6) is 0 Å². The van der Waals surface area contributed by atoms with Gasteiger partial charge in [-0.3, -0.25) is 4.79 Å². The molecule has 0 bridgehead atoms. The molecule has 116 valence electrons. The third-order valence-corrected chi connectivity index (χ3v) is 5.11. The van der Waals surface area contributed by atoms with E-state index < -0.39 is 0 Å². The maximum atomic E-state index is 12.7. The second-order valence-electron chi connectivity index (χ2n) is 6.26. The van der Waals surface area contributed by atoms with Gasteiger partial charge in [-0.25, -0.2) is 0 Å². The molecule has 0 spiro atoms. The van der Waals surface area contributed by atoms with Gasteiger partial charge in [0.15, 0.2) is 0 Å². The van der Waals surface area contributed by atoms with Crippen LogP contribution in [0.25, 0.3) is 0 Å². The van der Waals surface area contributed by atoms with Crippen molar-refractivity contribution < 1.29 is 4.79 Å². The van der Waals surface area contributed by atoms with Crippen molar-refractivity contribution in [3.05, 3.63) is 33.8 Å².